The molecular weight excluding hydrogens is 1450 g/mol. The predicted molar refractivity (Wildman–Crippen MR) is 407 cm³/mol. The highest BCUT2D eigenvalue weighted by Gasteiger charge is 2.24. The number of hydrogen-bond donors (Lipinski definition) is 3. The lowest BCUT2D eigenvalue weighted by atomic mass is 10.0. The number of amides is 1. The van der Waals surface area contributed by atoms with E-state index in [1.165, 1.54) is 25.8 Å². The van der Waals surface area contributed by atoms with E-state index in [4.69, 9.17) is 107 Å². The highest BCUT2D eigenvalue weighted by molar-refractivity contribution is 8.24. The SMILES string of the molecule is CC(C)Cc1sc(N(CCC#N)Cc2ccccc2)nc1-c1ccc(Cl)c(Cl)c1.CC(C)Cc1sc(N(CCC(=N)N)Cc2ccccc2)nc1-c1ccc(Cl)c(Cl)c1.CC(C)Cc1sc(N(CCC(N)=O)Cc2ccccc2)nc1-c1ccc(Cl)c(Cl)c1.O=P(Cl)(Cl)Cl. The average Bonchev–Trinajstić information content (AvgIpc) is 1.67. The Hall–Kier alpha value is -5.12. The molecule has 94 heavy (non-hydrogen) atoms. The summed E-state index contributed by atoms with van der Waals surface area (Å²) >= 11 is 56.0. The van der Waals surface area contributed by atoms with Crippen molar-refractivity contribution in [1.29, 1.82) is 10.7 Å². The third kappa shape index (κ3) is 26.4. The van der Waals surface area contributed by atoms with E-state index in [0.29, 0.717) is 93.5 Å². The van der Waals surface area contributed by atoms with Gasteiger partial charge in [-0.15, -0.1) is 34.0 Å². The van der Waals surface area contributed by atoms with Gasteiger partial charge in [0.2, 0.25) is 5.91 Å². The van der Waals surface area contributed by atoms with Gasteiger partial charge in [0, 0.05) is 83.4 Å². The maximum Gasteiger partial charge on any atom is 0.339 e. The quantitative estimate of drug-likeness (QED) is 0.0268. The van der Waals surface area contributed by atoms with Crippen molar-refractivity contribution < 1.29 is 9.36 Å². The number of nitrogens with zero attached hydrogens (tertiary/aromatic N) is 7. The summed E-state index contributed by atoms with van der Waals surface area (Å²) in [6.45, 7) is 17.1. The molecule has 12 nitrogen and oxygen atoms in total. The van der Waals surface area contributed by atoms with Gasteiger partial charge in [0.1, 0.15) is 0 Å². The molecule has 0 aliphatic carbocycles. The monoisotopic (exact) mass is 1520 g/mol. The van der Waals surface area contributed by atoms with E-state index in [9.17, 15) is 9.36 Å². The van der Waals surface area contributed by atoms with E-state index in [-0.39, 0.29) is 18.2 Å². The first kappa shape index (κ1) is 77.9. The summed E-state index contributed by atoms with van der Waals surface area (Å²) in [6.07, 6.45) is 3.99. The zero-order valence-corrected chi connectivity index (χ0v) is 62.9. The van der Waals surface area contributed by atoms with Crippen LogP contribution in [0, 0.1) is 34.5 Å². The molecule has 9 rings (SSSR count). The van der Waals surface area contributed by atoms with Gasteiger partial charge in [-0.1, -0.05) is 220 Å². The van der Waals surface area contributed by atoms with Crippen LogP contribution in [0.15, 0.2) is 146 Å². The van der Waals surface area contributed by atoms with Crippen molar-refractivity contribution in [3.05, 3.63) is 207 Å². The number of carbonyl (C=O) groups excluding carboxylic acids is 1. The average molecular weight is 1520 g/mol. The second-order valence-electron chi connectivity index (χ2n) is 23.0. The molecule has 0 bridgehead atoms. The first-order chi connectivity index (χ1) is 44.6. The third-order valence-corrected chi connectivity index (χ3v) is 19.3. The van der Waals surface area contributed by atoms with Gasteiger partial charge in [-0.2, -0.15) is 5.26 Å². The summed E-state index contributed by atoms with van der Waals surface area (Å²) in [5, 5.41) is 19.4. The summed E-state index contributed by atoms with van der Waals surface area (Å²) < 4.78 is 9.51. The van der Waals surface area contributed by atoms with E-state index in [1.54, 1.807) is 40.1 Å². The second kappa shape index (κ2) is 38.7. The van der Waals surface area contributed by atoms with Crippen LogP contribution in [0.25, 0.3) is 33.8 Å². The number of rotatable bonds is 26. The van der Waals surface area contributed by atoms with Crippen molar-refractivity contribution in [3.63, 3.8) is 0 Å². The van der Waals surface area contributed by atoms with Crippen molar-refractivity contribution in [3.8, 4) is 39.8 Å². The van der Waals surface area contributed by atoms with E-state index < -0.39 is 5.20 Å². The first-order valence-electron chi connectivity index (χ1n) is 30.0. The number of aromatic nitrogens is 3. The Labute approximate surface area is 609 Å². The number of thiazole rings is 3. The zero-order chi connectivity index (χ0) is 68.6. The van der Waals surface area contributed by atoms with Crippen molar-refractivity contribution in [2.45, 2.75) is 99.7 Å². The number of nitrogens with two attached hydrogens (primary N) is 2. The van der Waals surface area contributed by atoms with Gasteiger partial charge in [0.05, 0.1) is 65.5 Å². The van der Waals surface area contributed by atoms with Gasteiger partial charge < -0.3 is 26.2 Å². The maximum atomic E-state index is 11.4. The molecule has 3 heterocycles. The molecule has 1 amide bonds. The third-order valence-electron chi connectivity index (χ3n) is 13.7. The number of halogens is 9. The van der Waals surface area contributed by atoms with Crippen LogP contribution in [0.3, 0.4) is 0 Å². The summed E-state index contributed by atoms with van der Waals surface area (Å²) in [4.78, 5) is 36.6. The number of carbonyl (C=O) groups is 1. The molecule has 0 aliphatic rings. The van der Waals surface area contributed by atoms with Gasteiger partial charge in [0.25, 0.3) is 0 Å². The maximum absolute atomic E-state index is 11.4. The van der Waals surface area contributed by atoms with Crippen LogP contribution < -0.4 is 26.2 Å². The Kier molecular flexibility index (Phi) is 32.1. The molecule has 0 unspecified atom stereocenters. The molecule has 0 spiro atoms. The number of hydrogen-bond acceptors (Lipinski definition) is 13. The number of primary amides is 1. The molecule has 5 N–H and O–H groups in total. The molecule has 3 aromatic heterocycles. The summed E-state index contributed by atoms with van der Waals surface area (Å²) in [5.74, 6) is 1.34. The highest BCUT2D eigenvalue weighted by Crippen LogP contribution is 2.61. The number of amidine groups is 1. The van der Waals surface area contributed by atoms with Crippen molar-refractivity contribution in [2.24, 2.45) is 29.2 Å². The lowest BCUT2D eigenvalue weighted by molar-refractivity contribution is -0.117. The Morgan fingerprint density at radius 3 is 1.03 bits per heavy atom. The van der Waals surface area contributed by atoms with Crippen LogP contribution in [0.4, 0.5) is 15.4 Å². The van der Waals surface area contributed by atoms with Crippen LogP contribution in [0.2, 0.25) is 30.1 Å². The Morgan fingerprint density at radius 1 is 0.489 bits per heavy atom. The van der Waals surface area contributed by atoms with Crippen LogP contribution in [-0.4, -0.2) is 46.3 Å². The molecule has 498 valence electrons. The Morgan fingerprint density at radius 2 is 0.777 bits per heavy atom. The highest BCUT2D eigenvalue weighted by atomic mass is 36.0. The summed E-state index contributed by atoms with van der Waals surface area (Å²) in [5.41, 5.74) is 20.3. The predicted octanol–water partition coefficient (Wildman–Crippen LogP) is 22.9. The first-order valence-corrected chi connectivity index (χ1v) is 39.2. The van der Waals surface area contributed by atoms with Crippen LogP contribution in [0.5, 0.6) is 0 Å². The molecule has 25 heteroatoms. The lowest BCUT2D eigenvalue weighted by Crippen LogP contribution is -2.27. The van der Waals surface area contributed by atoms with E-state index in [1.807, 2.05) is 103 Å². The normalized spacial score (nSPS) is 11.1. The van der Waals surface area contributed by atoms with Crippen LogP contribution >= 0.6 is 143 Å². The number of nitrogens with one attached hydrogen (secondary N) is 1. The minimum Gasteiger partial charge on any atom is -0.388 e. The number of benzene rings is 6. The second-order valence-corrected chi connectivity index (χ2v) is 35.3. The summed E-state index contributed by atoms with van der Waals surface area (Å²) in [7, 11) is 0. The largest absolute Gasteiger partial charge is 0.388 e. The fraction of sp³-hybridized carbons (Fsp3) is 0.304. The topological polar surface area (TPSA) is 182 Å². The molecule has 0 radical (unpaired) electrons. The van der Waals surface area contributed by atoms with E-state index in [2.05, 4.69) is 132 Å². The molecule has 9 aromatic rings. The van der Waals surface area contributed by atoms with E-state index in [0.717, 1.165) is 80.5 Å². The molecule has 0 saturated carbocycles. The fourth-order valence-corrected chi connectivity index (χ4v) is 14.2. The molecular formula is C69H74Cl9N10O2PS3. The van der Waals surface area contributed by atoms with Gasteiger partial charge in [-0.25, -0.2) is 15.0 Å². The van der Waals surface area contributed by atoms with Crippen LogP contribution in [-0.2, 0) is 48.3 Å². The molecule has 6 aromatic carbocycles. The lowest BCUT2D eigenvalue weighted by Gasteiger charge is -2.21. The Balaban J connectivity index is 0.000000215. The van der Waals surface area contributed by atoms with Crippen molar-refractivity contribution in [1.82, 2.24) is 15.0 Å². The molecule has 0 aliphatic heterocycles. The van der Waals surface area contributed by atoms with E-state index >= 15 is 0 Å². The van der Waals surface area contributed by atoms with Gasteiger partial charge in [0.15, 0.2) is 15.4 Å². The van der Waals surface area contributed by atoms with Gasteiger partial charge in [-0.05, 0) is 124 Å². The number of nitriles is 1. The molecule has 0 fully saturated rings. The summed E-state index contributed by atoms with van der Waals surface area (Å²) in [6, 6.07) is 49.9. The zero-order valence-electron chi connectivity index (χ0n) is 52.7. The number of anilines is 3. The van der Waals surface area contributed by atoms with Gasteiger partial charge >= 0.3 is 5.20 Å². The standard InChI is InChI=1S/C23H26Cl2N4S.C23H25Cl2N3OS.C23H23Cl2N3S.Cl3OP/c1-15(2)12-20-22(17-8-9-18(24)19(25)13-17)28-23(30-20)29(11-10-21(26)27)14-16-6-4-3-5-7-16;1-15(2)12-20-22(17-8-9-18(24)19(25)13-17)27-23(30-20)28(11-10-21(26)29)14-16-6-4-3-5-7-16;1-16(2)13-21-22(18-9-10-19(24)20(25)14-18)27-23(29-21)28(12-6-11-26)15-17-7-4-3-5-8-17;1-5(2,3)4/h3-9,13,15H,10-12,14H2,1-2H3,(H3,26,27);3-9,13,15H,10-12,14H2,1-2H3,(H2,26,29);3-5,7-10,14,16H,6,12-13,15H2,1-2H3;. The molecule has 0 atom stereocenters. The van der Waals surface area contributed by atoms with Crippen molar-refractivity contribution in [2.75, 3.05) is 34.3 Å². The minimum absolute atomic E-state index is 0.178. The smallest absolute Gasteiger partial charge is 0.339 e. The van der Waals surface area contributed by atoms with Crippen molar-refractivity contribution >= 4 is 170 Å². The van der Waals surface area contributed by atoms with Crippen LogP contribution in [0.1, 0.15) is 92.1 Å². The fourth-order valence-electron chi connectivity index (χ4n) is 9.38. The Bertz CT molecular complexity index is 3810. The van der Waals surface area contributed by atoms with Gasteiger partial charge in [-0.3, -0.25) is 14.8 Å². The molecule has 0 saturated heterocycles. The minimum atomic E-state index is -3.22.